The van der Waals surface area contributed by atoms with E-state index < -0.39 is 11.3 Å². The molecule has 5 nitrogen and oxygen atoms in total. The Labute approximate surface area is 213 Å². The van der Waals surface area contributed by atoms with Crippen molar-refractivity contribution in [2.24, 2.45) is 11.3 Å². The first kappa shape index (κ1) is 24.1. The van der Waals surface area contributed by atoms with Crippen LogP contribution in [0.25, 0.3) is 10.8 Å². The fourth-order valence-electron chi connectivity index (χ4n) is 6.12. The van der Waals surface area contributed by atoms with Crippen LogP contribution < -0.4 is 10.2 Å². The van der Waals surface area contributed by atoms with Crippen molar-refractivity contribution >= 4 is 33.9 Å². The van der Waals surface area contributed by atoms with E-state index in [0.29, 0.717) is 17.7 Å². The van der Waals surface area contributed by atoms with Gasteiger partial charge in [-0.15, -0.1) is 0 Å². The molecule has 3 aromatic rings. The molecule has 1 heterocycles. The summed E-state index contributed by atoms with van der Waals surface area (Å²) in [6.07, 6.45) is 0.293. The highest BCUT2D eigenvalue weighted by atomic mass is 16.5. The van der Waals surface area contributed by atoms with Crippen molar-refractivity contribution < 1.29 is 14.3 Å². The predicted octanol–water partition coefficient (Wildman–Crippen LogP) is 6.29. The van der Waals surface area contributed by atoms with E-state index >= 15 is 0 Å². The third kappa shape index (κ3) is 3.78. The third-order valence-electron chi connectivity index (χ3n) is 7.89. The van der Waals surface area contributed by atoms with Gasteiger partial charge in [0.2, 0.25) is 0 Å². The summed E-state index contributed by atoms with van der Waals surface area (Å²) in [7, 11) is 1.42. The van der Waals surface area contributed by atoms with Crippen molar-refractivity contribution in [1.29, 1.82) is 0 Å². The van der Waals surface area contributed by atoms with E-state index in [1.807, 2.05) is 26.0 Å². The fourth-order valence-corrected chi connectivity index (χ4v) is 6.12. The van der Waals surface area contributed by atoms with Crippen molar-refractivity contribution in [2.45, 2.75) is 40.0 Å². The second-order valence-electron chi connectivity index (χ2n) is 10.4. The highest BCUT2D eigenvalue weighted by Gasteiger charge is 2.50. The number of fused-ring (bicyclic) bond motifs is 3. The molecule has 0 unspecified atom stereocenters. The van der Waals surface area contributed by atoms with Gasteiger partial charge in [-0.2, -0.15) is 0 Å². The first-order valence-corrected chi connectivity index (χ1v) is 12.8. The quantitative estimate of drug-likeness (QED) is 0.433. The van der Waals surface area contributed by atoms with Crippen molar-refractivity contribution in [3.8, 4) is 0 Å². The Kier molecular flexibility index (Phi) is 6.11. The lowest BCUT2D eigenvalue weighted by Crippen LogP contribution is -2.44. The SMILES string of the molecule is CCN(CC)c1ccc([C@H]2C3=C(Nc4ccc5ccccc5c42)[C@H](C(=O)OC)C(C)(C)CC3=O)cc1. The number of esters is 1. The number of Topliss-reactive ketones (excluding diaryl/α,β-unsaturated/α-hetero) is 1. The maximum Gasteiger partial charge on any atom is 0.315 e. The molecule has 5 rings (SSSR count). The van der Waals surface area contributed by atoms with Gasteiger partial charge < -0.3 is 15.0 Å². The number of carbonyl (C=O) groups is 2. The summed E-state index contributed by atoms with van der Waals surface area (Å²) in [5.74, 6) is -1.05. The van der Waals surface area contributed by atoms with Crippen LogP contribution in [0.15, 0.2) is 71.9 Å². The number of anilines is 2. The fraction of sp³-hybridized carbons (Fsp3) is 0.355. The van der Waals surface area contributed by atoms with Gasteiger partial charge in [-0.1, -0.05) is 56.3 Å². The highest BCUT2D eigenvalue weighted by molar-refractivity contribution is 6.06. The molecule has 186 valence electrons. The van der Waals surface area contributed by atoms with Crippen molar-refractivity contribution in [3.05, 3.63) is 83.1 Å². The first-order valence-electron chi connectivity index (χ1n) is 12.8. The van der Waals surface area contributed by atoms with E-state index in [-0.39, 0.29) is 17.7 Å². The molecule has 0 bridgehead atoms. The number of nitrogens with zero attached hydrogens (tertiary/aromatic N) is 1. The Morgan fingerprint density at radius 2 is 1.72 bits per heavy atom. The molecule has 0 fully saturated rings. The van der Waals surface area contributed by atoms with Gasteiger partial charge in [0.1, 0.15) is 5.92 Å². The van der Waals surface area contributed by atoms with Gasteiger partial charge in [-0.25, -0.2) is 0 Å². The van der Waals surface area contributed by atoms with Crippen LogP contribution in [0.1, 0.15) is 51.2 Å². The lowest BCUT2D eigenvalue weighted by molar-refractivity contribution is -0.148. The van der Waals surface area contributed by atoms with Gasteiger partial charge in [-0.05, 0) is 59.4 Å². The van der Waals surface area contributed by atoms with Crippen LogP contribution >= 0.6 is 0 Å². The molecule has 0 saturated carbocycles. The highest BCUT2D eigenvalue weighted by Crippen LogP contribution is 2.53. The van der Waals surface area contributed by atoms with E-state index in [1.54, 1.807) is 0 Å². The van der Waals surface area contributed by atoms with Gasteiger partial charge in [-0.3, -0.25) is 9.59 Å². The Bertz CT molecular complexity index is 1370. The average molecular weight is 483 g/mol. The largest absolute Gasteiger partial charge is 0.468 e. The molecule has 1 aliphatic heterocycles. The molecule has 1 aliphatic carbocycles. The number of allylic oxidation sites excluding steroid dienone is 1. The maximum absolute atomic E-state index is 13.8. The van der Waals surface area contributed by atoms with Crippen molar-refractivity contribution in [1.82, 2.24) is 0 Å². The van der Waals surface area contributed by atoms with E-state index in [0.717, 1.165) is 46.4 Å². The van der Waals surface area contributed by atoms with E-state index in [1.165, 1.54) is 7.11 Å². The lowest BCUT2D eigenvalue weighted by atomic mass is 9.63. The Balaban J connectivity index is 1.77. The monoisotopic (exact) mass is 482 g/mol. The molecule has 3 aromatic carbocycles. The maximum atomic E-state index is 13.8. The van der Waals surface area contributed by atoms with Crippen LogP contribution in [-0.4, -0.2) is 32.0 Å². The number of methoxy groups -OCH3 is 1. The predicted molar refractivity (Wildman–Crippen MR) is 145 cm³/mol. The molecule has 2 aliphatic rings. The number of ether oxygens (including phenoxy) is 1. The summed E-state index contributed by atoms with van der Waals surface area (Å²) in [5.41, 5.74) is 5.04. The van der Waals surface area contributed by atoms with Gasteiger partial charge in [0.25, 0.3) is 0 Å². The summed E-state index contributed by atoms with van der Waals surface area (Å²) >= 11 is 0. The standard InChI is InChI=1S/C31H34N2O3/c1-6-33(7-2)21-15-12-20(13-16-21)25-26-22-11-9-8-10-19(22)14-17-23(26)32-29-27(25)24(34)18-31(3,4)28(29)30(35)36-5/h8-17,25,28,32H,6-7,18H2,1-5H3/t25-,28-/m1/s1. The number of benzene rings is 3. The van der Waals surface area contributed by atoms with E-state index in [2.05, 4.69) is 72.6 Å². The minimum absolute atomic E-state index is 0.0825. The Morgan fingerprint density at radius 1 is 1.03 bits per heavy atom. The summed E-state index contributed by atoms with van der Waals surface area (Å²) in [6, 6.07) is 21.0. The van der Waals surface area contributed by atoms with E-state index in [4.69, 9.17) is 4.74 Å². The molecule has 0 aromatic heterocycles. The number of hydrogen-bond acceptors (Lipinski definition) is 5. The molecule has 0 spiro atoms. The van der Waals surface area contributed by atoms with Crippen molar-refractivity contribution in [3.63, 3.8) is 0 Å². The zero-order valence-electron chi connectivity index (χ0n) is 21.7. The van der Waals surface area contributed by atoms with Gasteiger partial charge >= 0.3 is 5.97 Å². The molecule has 0 radical (unpaired) electrons. The molecule has 0 amide bonds. The number of hydrogen-bond donors (Lipinski definition) is 1. The van der Waals surface area contributed by atoms with Gasteiger partial charge in [0.15, 0.2) is 5.78 Å². The Hall–Kier alpha value is -3.60. The van der Waals surface area contributed by atoms with E-state index in [9.17, 15) is 9.59 Å². The summed E-state index contributed by atoms with van der Waals surface area (Å²) in [5, 5.41) is 5.78. The molecule has 36 heavy (non-hydrogen) atoms. The van der Waals surface area contributed by atoms with Gasteiger partial charge in [0.05, 0.1) is 7.11 Å². The van der Waals surface area contributed by atoms with Crippen LogP contribution in [0.4, 0.5) is 11.4 Å². The average Bonchev–Trinajstić information content (AvgIpc) is 2.87. The molecule has 0 saturated heterocycles. The topological polar surface area (TPSA) is 58.6 Å². The second-order valence-corrected chi connectivity index (χ2v) is 10.4. The summed E-state index contributed by atoms with van der Waals surface area (Å²) < 4.78 is 5.25. The number of nitrogens with one attached hydrogen (secondary N) is 1. The minimum atomic E-state index is -0.554. The normalized spacial score (nSPS) is 20.4. The van der Waals surface area contributed by atoms with Crippen LogP contribution in [-0.2, 0) is 14.3 Å². The minimum Gasteiger partial charge on any atom is -0.468 e. The number of ketones is 1. The number of carbonyl (C=O) groups excluding carboxylic acids is 2. The van der Waals surface area contributed by atoms with Gasteiger partial charge in [0, 0.05) is 48.1 Å². The van der Waals surface area contributed by atoms with Crippen molar-refractivity contribution in [2.75, 3.05) is 30.4 Å². The molecule has 5 heteroatoms. The smallest absolute Gasteiger partial charge is 0.315 e. The van der Waals surface area contributed by atoms with Crippen LogP contribution in [0.3, 0.4) is 0 Å². The zero-order chi connectivity index (χ0) is 25.6. The summed E-state index contributed by atoms with van der Waals surface area (Å²) in [4.78, 5) is 29.2. The van der Waals surface area contributed by atoms with Crippen LogP contribution in [0.5, 0.6) is 0 Å². The zero-order valence-corrected chi connectivity index (χ0v) is 21.7. The molecular weight excluding hydrogens is 448 g/mol. The molecule has 1 N–H and O–H groups in total. The summed E-state index contributed by atoms with van der Waals surface area (Å²) in [6.45, 7) is 10.1. The second kappa shape index (κ2) is 9.12. The third-order valence-corrected chi connectivity index (χ3v) is 7.89. The number of rotatable bonds is 5. The van der Waals surface area contributed by atoms with Crippen LogP contribution in [0, 0.1) is 11.3 Å². The lowest BCUT2D eigenvalue weighted by Gasteiger charge is -2.44. The van der Waals surface area contributed by atoms with Crippen LogP contribution in [0.2, 0.25) is 0 Å². The molecular formula is C31H34N2O3. The molecule has 2 atom stereocenters. The first-order chi connectivity index (χ1) is 17.3. The Morgan fingerprint density at radius 3 is 2.39 bits per heavy atom.